The van der Waals surface area contributed by atoms with Crippen molar-refractivity contribution < 1.29 is 156 Å². The summed E-state index contributed by atoms with van der Waals surface area (Å²) in [6.07, 6.45) is 3.13. The minimum absolute atomic E-state index is 0. The summed E-state index contributed by atoms with van der Waals surface area (Å²) in [6, 6.07) is 32.3. The summed E-state index contributed by atoms with van der Waals surface area (Å²) in [4.78, 5) is 64.2. The first-order chi connectivity index (χ1) is 30.2. The summed E-state index contributed by atoms with van der Waals surface area (Å²) in [7, 11) is 0.366. The Hall–Kier alpha value is -4.93. The smallest absolute Gasteiger partial charge is 0.736 e. The first kappa shape index (κ1) is 55.4. The van der Waals surface area contributed by atoms with Gasteiger partial charge in [0.05, 0.1) is 51.5 Å². The van der Waals surface area contributed by atoms with Crippen LogP contribution in [0.5, 0.6) is 34.5 Å². The van der Waals surface area contributed by atoms with Crippen molar-refractivity contribution in [3.63, 3.8) is 0 Å². The van der Waals surface area contributed by atoms with E-state index in [2.05, 4.69) is 0 Å². The zero-order valence-corrected chi connectivity index (χ0v) is 43.9. The summed E-state index contributed by atoms with van der Waals surface area (Å²) in [5.74, 6) is -3.24. The molecule has 0 saturated carbocycles. The number of phosphoric acid groups is 1. The second kappa shape index (κ2) is 25.3. The number of ketones is 2. The topological polar surface area (TPSA) is 210 Å². The van der Waals surface area contributed by atoms with Crippen molar-refractivity contribution >= 4 is 54.6 Å². The van der Waals surface area contributed by atoms with Gasteiger partial charge in [-0.15, -0.1) is 0 Å². The Kier molecular flexibility index (Phi) is 21.2. The van der Waals surface area contributed by atoms with E-state index in [-0.39, 0.29) is 145 Å². The predicted octanol–water partition coefficient (Wildman–Crippen LogP) is -2.77. The standard InChI is InChI=1S/C48H39O14P.3Na/c1-57-35-17-13-31(14-18-35)41(25-29-5-9-33(10-6-29)47(51)52)45(49)39-23-21-37(27-43(39)59-3)61-63(55,56)62-38-22-24-40(44(28-38)60-4)46(50)42(32-15-19-36(58-2)20-16-32)26-30-7-11-34(12-8-30)48(53)54;;;/h5-28H,1-4H3,(H,51,52)(H,53,54)(H,55,56);;;/q;3*+1/p-3. The van der Waals surface area contributed by atoms with Crippen LogP contribution in [0.15, 0.2) is 133 Å². The maximum Gasteiger partial charge on any atom is 1.00 e. The number of methoxy groups -OCH3 is 4. The van der Waals surface area contributed by atoms with E-state index in [4.69, 9.17) is 28.0 Å². The quantitative estimate of drug-likeness (QED) is 0.0281. The molecule has 6 rings (SSSR count). The number of benzene rings is 6. The van der Waals surface area contributed by atoms with Crippen LogP contribution in [-0.4, -0.2) is 51.9 Å². The fourth-order valence-corrected chi connectivity index (χ4v) is 7.04. The minimum Gasteiger partial charge on any atom is -0.736 e. The summed E-state index contributed by atoms with van der Waals surface area (Å²) < 4.78 is 45.3. The number of ether oxygens (including phenoxy) is 4. The van der Waals surface area contributed by atoms with Crippen LogP contribution < -0.4 is 132 Å². The van der Waals surface area contributed by atoms with Gasteiger partial charge in [0, 0.05) is 23.3 Å². The number of phosphoric ester groups is 1. The number of rotatable bonds is 18. The summed E-state index contributed by atoms with van der Waals surface area (Å²) in [6.45, 7) is 0. The molecular formula is C48H36Na3O14P. The monoisotopic (exact) mass is 936 g/mol. The van der Waals surface area contributed by atoms with Gasteiger partial charge in [0.15, 0.2) is 11.6 Å². The van der Waals surface area contributed by atoms with Gasteiger partial charge < -0.3 is 52.7 Å². The molecule has 0 aliphatic heterocycles. The molecular weight excluding hydrogens is 900 g/mol. The average molecular weight is 937 g/mol. The zero-order chi connectivity index (χ0) is 45.3. The van der Waals surface area contributed by atoms with Gasteiger partial charge in [-0.05, 0) is 94.1 Å². The Balaban J connectivity index is 0.00000385. The van der Waals surface area contributed by atoms with Gasteiger partial charge in [-0.1, -0.05) is 72.8 Å². The van der Waals surface area contributed by atoms with Crippen molar-refractivity contribution in [1.29, 1.82) is 0 Å². The minimum atomic E-state index is -5.21. The molecule has 0 aliphatic carbocycles. The van der Waals surface area contributed by atoms with E-state index in [0.717, 1.165) is 0 Å². The third kappa shape index (κ3) is 14.0. The molecule has 0 saturated heterocycles. The van der Waals surface area contributed by atoms with Gasteiger partial charge in [0.25, 0.3) is 0 Å². The Bertz CT molecular complexity index is 2600. The molecule has 0 aliphatic rings. The van der Waals surface area contributed by atoms with Crippen molar-refractivity contribution in [2.45, 2.75) is 0 Å². The number of carbonyl (C=O) groups is 4. The molecule has 0 spiro atoms. The fraction of sp³-hybridized carbons (Fsp3) is 0.0833. The second-order valence-corrected chi connectivity index (χ2v) is 14.7. The van der Waals surface area contributed by atoms with Crippen LogP contribution in [0.4, 0.5) is 0 Å². The molecule has 320 valence electrons. The molecule has 18 heteroatoms. The molecule has 14 nitrogen and oxygen atoms in total. The second-order valence-electron chi connectivity index (χ2n) is 13.4. The van der Waals surface area contributed by atoms with Crippen LogP contribution in [-0.2, 0) is 4.57 Å². The molecule has 6 aromatic carbocycles. The van der Waals surface area contributed by atoms with E-state index in [1.807, 2.05) is 0 Å². The maximum absolute atomic E-state index is 14.2. The van der Waals surface area contributed by atoms with Crippen LogP contribution in [0.1, 0.15) is 63.7 Å². The Morgan fingerprint density at radius 1 is 0.439 bits per heavy atom. The van der Waals surface area contributed by atoms with E-state index >= 15 is 0 Å². The number of Topliss-reactive ketones (excluding diaryl/α,β-unsaturated/α-hetero) is 2. The number of carbonyl (C=O) groups excluding carboxylic acids is 4. The number of carboxylic acid groups (broad SMARTS) is 2. The van der Waals surface area contributed by atoms with Crippen LogP contribution in [0.25, 0.3) is 23.3 Å². The van der Waals surface area contributed by atoms with Gasteiger partial charge in [-0.2, -0.15) is 0 Å². The van der Waals surface area contributed by atoms with E-state index in [1.165, 1.54) is 113 Å². The Morgan fingerprint density at radius 3 is 1.03 bits per heavy atom. The first-order valence-electron chi connectivity index (χ1n) is 18.7. The Labute approximate surface area is 446 Å². The fourth-order valence-electron chi connectivity index (χ4n) is 6.26. The van der Waals surface area contributed by atoms with Crippen molar-refractivity contribution in [3.8, 4) is 34.5 Å². The molecule has 0 bridgehead atoms. The predicted molar refractivity (Wildman–Crippen MR) is 227 cm³/mol. The number of aromatic carboxylic acids is 2. The van der Waals surface area contributed by atoms with E-state index in [1.54, 1.807) is 60.7 Å². The van der Waals surface area contributed by atoms with Crippen molar-refractivity contribution in [2.75, 3.05) is 28.4 Å². The average Bonchev–Trinajstić information content (AvgIpc) is 3.29. The number of hydrogen-bond acceptors (Lipinski definition) is 14. The molecule has 0 unspecified atom stereocenters. The summed E-state index contributed by atoms with van der Waals surface area (Å²) >= 11 is 0. The number of allylic oxidation sites excluding steroid dienone is 2. The van der Waals surface area contributed by atoms with Crippen LogP contribution >= 0.6 is 7.82 Å². The van der Waals surface area contributed by atoms with Gasteiger partial charge in [0.1, 0.15) is 34.5 Å². The SMILES string of the molecule is COc1ccc(C(=Cc2ccc(C(=O)[O-])cc2)C(=O)c2ccc(OP(=O)([O-])Oc3ccc(C(=O)C(=Cc4ccc(C(=O)[O-])cc4)c4ccc(OC)cc4)c(OC)c3)cc2OC)cc1.[Na+].[Na+].[Na+]. The number of hydrogen-bond donors (Lipinski definition) is 0. The normalized spacial score (nSPS) is 11.8. The van der Waals surface area contributed by atoms with Crippen LogP contribution in [0.2, 0.25) is 0 Å². The van der Waals surface area contributed by atoms with Crippen LogP contribution in [0.3, 0.4) is 0 Å². The third-order valence-corrected chi connectivity index (χ3v) is 10.3. The zero-order valence-electron chi connectivity index (χ0n) is 37.0. The molecule has 0 radical (unpaired) electrons. The van der Waals surface area contributed by atoms with Gasteiger partial charge >= 0.3 is 96.5 Å². The summed E-state index contributed by atoms with van der Waals surface area (Å²) in [5, 5.41) is 22.6. The van der Waals surface area contributed by atoms with Crippen molar-refractivity contribution in [1.82, 2.24) is 0 Å². The van der Waals surface area contributed by atoms with Crippen LogP contribution in [0, 0.1) is 0 Å². The van der Waals surface area contributed by atoms with E-state index < -0.39 is 31.3 Å². The number of carboxylic acids is 2. The van der Waals surface area contributed by atoms with Crippen molar-refractivity contribution in [2.24, 2.45) is 0 Å². The first-order valence-corrected chi connectivity index (χ1v) is 20.2. The largest absolute Gasteiger partial charge is 1.00 e. The van der Waals surface area contributed by atoms with E-state index in [9.17, 15) is 38.8 Å². The molecule has 66 heavy (non-hydrogen) atoms. The molecule has 0 heterocycles. The van der Waals surface area contributed by atoms with E-state index in [0.29, 0.717) is 33.8 Å². The third-order valence-electron chi connectivity index (χ3n) is 9.48. The molecule has 0 fully saturated rings. The molecule has 0 amide bonds. The van der Waals surface area contributed by atoms with Gasteiger partial charge in [0.2, 0.25) is 0 Å². The summed E-state index contributed by atoms with van der Waals surface area (Å²) in [5.41, 5.74) is 2.39. The maximum atomic E-state index is 14.2. The molecule has 0 aromatic heterocycles. The van der Waals surface area contributed by atoms with Crippen molar-refractivity contribution in [3.05, 3.63) is 178 Å². The molecule has 0 atom stereocenters. The van der Waals surface area contributed by atoms with Gasteiger partial charge in [-0.25, -0.2) is 4.57 Å². The Morgan fingerprint density at radius 2 is 0.742 bits per heavy atom. The molecule has 0 N–H and O–H groups in total. The molecule has 6 aromatic rings. The van der Waals surface area contributed by atoms with Gasteiger partial charge in [-0.3, -0.25) is 9.59 Å².